The fourth-order valence-corrected chi connectivity index (χ4v) is 1.52. The van der Waals surface area contributed by atoms with Gasteiger partial charge in [-0.25, -0.2) is 15.5 Å². The Morgan fingerprint density at radius 3 is 2.78 bits per heavy atom. The Balaban J connectivity index is 2.31. The van der Waals surface area contributed by atoms with Crippen LogP contribution in [-0.2, 0) is 0 Å². The van der Waals surface area contributed by atoms with Crippen LogP contribution in [0.25, 0.3) is 0 Å². The van der Waals surface area contributed by atoms with Gasteiger partial charge in [-0.1, -0.05) is 6.07 Å². The lowest BCUT2D eigenvalue weighted by molar-refractivity contribution is 1.09. The van der Waals surface area contributed by atoms with Gasteiger partial charge in [-0.05, 0) is 36.2 Å². The van der Waals surface area contributed by atoms with Gasteiger partial charge in [0, 0.05) is 5.69 Å². The molecule has 0 saturated heterocycles. The minimum absolute atomic E-state index is 0.0162. The number of benzene rings is 1. The van der Waals surface area contributed by atoms with E-state index in [9.17, 15) is 0 Å². The van der Waals surface area contributed by atoms with Crippen molar-refractivity contribution in [2.75, 3.05) is 5.32 Å². The molecule has 0 spiro atoms. The van der Waals surface area contributed by atoms with Gasteiger partial charge in [-0.2, -0.15) is 10.1 Å². The second-order valence-electron chi connectivity index (χ2n) is 3.52. The lowest BCUT2D eigenvalue weighted by Gasteiger charge is -2.07. The van der Waals surface area contributed by atoms with Gasteiger partial charge < -0.3 is 5.32 Å². The van der Waals surface area contributed by atoms with Crippen LogP contribution < -0.4 is 11.0 Å². The van der Waals surface area contributed by atoms with Crippen LogP contribution in [0.2, 0.25) is 5.28 Å². The van der Waals surface area contributed by atoms with Gasteiger partial charge in [0.2, 0.25) is 11.2 Å². The van der Waals surface area contributed by atoms with Gasteiger partial charge in [-0.15, -0.1) is 0 Å². The molecule has 0 bridgehead atoms. The minimum atomic E-state index is 0.0162. The molecule has 2 N–H and O–H groups in total. The highest BCUT2D eigenvalue weighted by Gasteiger charge is 2.04. The number of rotatable bonds is 3. The summed E-state index contributed by atoms with van der Waals surface area (Å²) >= 11 is 5.67. The number of hydrogen-bond donors (Lipinski definition) is 2. The lowest BCUT2D eigenvalue weighted by Crippen LogP contribution is -2.16. The molecule has 2 rings (SSSR count). The molecule has 0 aliphatic carbocycles. The first-order chi connectivity index (χ1) is 8.58. The monoisotopic (exact) mass is 258 g/mol. The van der Waals surface area contributed by atoms with Crippen molar-refractivity contribution in [3.8, 4) is 0 Å². The summed E-state index contributed by atoms with van der Waals surface area (Å²) in [6, 6.07) is 5.36. The standard InChI is InChI=1S/C10H8BClN6/c1-5-2-3-6(4-7(5)18-13)14-10-16-8(11)15-9(12)17-10/h2-4,13H,1H3,(H,14,15,16,17). The van der Waals surface area contributed by atoms with Crippen LogP contribution in [0.1, 0.15) is 5.56 Å². The van der Waals surface area contributed by atoms with E-state index in [1.165, 1.54) is 0 Å². The summed E-state index contributed by atoms with van der Waals surface area (Å²) in [5.41, 5.74) is 9.24. The molecule has 0 amide bonds. The van der Waals surface area contributed by atoms with Crippen molar-refractivity contribution in [1.29, 1.82) is 5.53 Å². The van der Waals surface area contributed by atoms with Crippen molar-refractivity contribution in [2.45, 2.75) is 6.92 Å². The van der Waals surface area contributed by atoms with Gasteiger partial charge in [0.1, 0.15) is 0 Å². The average Bonchev–Trinajstić information content (AvgIpc) is 2.30. The zero-order valence-corrected chi connectivity index (χ0v) is 10.2. The van der Waals surface area contributed by atoms with Crippen LogP contribution in [0.3, 0.4) is 0 Å². The molecule has 18 heavy (non-hydrogen) atoms. The molecule has 0 aliphatic rings. The predicted molar refractivity (Wildman–Crippen MR) is 69.5 cm³/mol. The molecule has 0 fully saturated rings. The molecule has 1 aromatic heterocycles. The fourth-order valence-electron chi connectivity index (χ4n) is 1.36. The van der Waals surface area contributed by atoms with E-state index in [0.29, 0.717) is 11.4 Å². The van der Waals surface area contributed by atoms with Crippen LogP contribution in [-0.4, -0.2) is 22.8 Å². The first kappa shape index (κ1) is 12.4. The van der Waals surface area contributed by atoms with Crippen LogP contribution in [0, 0.1) is 12.5 Å². The quantitative estimate of drug-likeness (QED) is 0.651. The normalized spacial score (nSPS) is 10.1. The van der Waals surface area contributed by atoms with E-state index in [2.05, 4.69) is 25.4 Å². The highest BCUT2D eigenvalue weighted by molar-refractivity contribution is 6.32. The number of nitrogens with one attached hydrogen (secondary N) is 2. The van der Waals surface area contributed by atoms with E-state index >= 15 is 0 Å². The second kappa shape index (κ2) is 5.09. The van der Waals surface area contributed by atoms with E-state index in [0.717, 1.165) is 5.56 Å². The number of halogens is 1. The molecule has 88 valence electrons. The third-order valence-corrected chi connectivity index (χ3v) is 2.38. The van der Waals surface area contributed by atoms with Gasteiger partial charge in [0.25, 0.3) is 0 Å². The molecule has 1 aromatic carbocycles. The SMILES string of the molecule is [B]c1nc(Cl)nc(Nc2ccc(C)c(N=N)c2)n1. The Bertz CT molecular complexity index is 583. The first-order valence-electron chi connectivity index (χ1n) is 5.00. The summed E-state index contributed by atoms with van der Waals surface area (Å²) < 4.78 is 0. The molecule has 2 radical (unpaired) electrons. The Morgan fingerprint density at radius 1 is 1.33 bits per heavy atom. The Kier molecular flexibility index (Phi) is 3.52. The van der Waals surface area contributed by atoms with Gasteiger partial charge in [0.05, 0.1) is 11.4 Å². The van der Waals surface area contributed by atoms with Crippen molar-refractivity contribution in [3.05, 3.63) is 29.0 Å². The second-order valence-corrected chi connectivity index (χ2v) is 3.86. The van der Waals surface area contributed by atoms with Crippen LogP contribution in [0.15, 0.2) is 23.3 Å². The fraction of sp³-hybridized carbons (Fsp3) is 0.100. The van der Waals surface area contributed by atoms with Gasteiger partial charge in [0.15, 0.2) is 7.85 Å². The van der Waals surface area contributed by atoms with Crippen molar-refractivity contribution in [2.24, 2.45) is 5.11 Å². The Hall–Kier alpha value is -2.02. The molecule has 6 nitrogen and oxygen atoms in total. The molecule has 0 saturated carbocycles. The van der Waals surface area contributed by atoms with Crippen LogP contribution in [0.5, 0.6) is 0 Å². The lowest BCUT2D eigenvalue weighted by atomic mass is 10.1. The average molecular weight is 258 g/mol. The van der Waals surface area contributed by atoms with Crippen LogP contribution in [0.4, 0.5) is 17.3 Å². The van der Waals surface area contributed by atoms with Gasteiger partial charge >= 0.3 is 0 Å². The summed E-state index contributed by atoms with van der Waals surface area (Å²) in [4.78, 5) is 11.4. The number of hydrogen-bond acceptors (Lipinski definition) is 6. The van der Waals surface area contributed by atoms with E-state index in [-0.39, 0.29) is 17.0 Å². The minimum Gasteiger partial charge on any atom is -0.324 e. The van der Waals surface area contributed by atoms with E-state index in [1.54, 1.807) is 6.07 Å². The molecule has 0 atom stereocenters. The zero-order chi connectivity index (χ0) is 13.1. The summed E-state index contributed by atoms with van der Waals surface area (Å²) in [5.74, 6) is 0.243. The number of nitrogens with zero attached hydrogens (tertiary/aromatic N) is 4. The maximum absolute atomic E-state index is 7.04. The van der Waals surface area contributed by atoms with E-state index in [4.69, 9.17) is 25.0 Å². The molecule has 2 aromatic rings. The van der Waals surface area contributed by atoms with Crippen LogP contribution >= 0.6 is 11.6 Å². The number of aromatic nitrogens is 3. The van der Waals surface area contributed by atoms with Gasteiger partial charge in [-0.3, -0.25) is 0 Å². The Labute approximate surface area is 110 Å². The highest BCUT2D eigenvalue weighted by atomic mass is 35.5. The van der Waals surface area contributed by atoms with Crippen molar-refractivity contribution in [1.82, 2.24) is 15.0 Å². The predicted octanol–water partition coefficient (Wildman–Crippen LogP) is 2.03. The summed E-state index contributed by atoms with van der Waals surface area (Å²) in [5, 5.41) is 6.35. The van der Waals surface area contributed by atoms with Crippen molar-refractivity contribution >= 4 is 42.5 Å². The molecular weight excluding hydrogens is 250 g/mol. The topological polar surface area (TPSA) is 86.9 Å². The number of aryl methyl sites for hydroxylation is 1. The third-order valence-electron chi connectivity index (χ3n) is 2.21. The smallest absolute Gasteiger partial charge is 0.230 e. The molecule has 0 aliphatic heterocycles. The Morgan fingerprint density at radius 2 is 2.11 bits per heavy atom. The van der Waals surface area contributed by atoms with E-state index < -0.39 is 0 Å². The molecule has 0 unspecified atom stereocenters. The largest absolute Gasteiger partial charge is 0.324 e. The van der Waals surface area contributed by atoms with Crippen molar-refractivity contribution in [3.63, 3.8) is 0 Å². The van der Waals surface area contributed by atoms with Crippen molar-refractivity contribution < 1.29 is 0 Å². The summed E-state index contributed by atoms with van der Waals surface area (Å²) in [6.45, 7) is 1.87. The zero-order valence-electron chi connectivity index (χ0n) is 9.48. The molecule has 8 heteroatoms. The maximum atomic E-state index is 7.04. The molecular formula is C10H8BClN6. The summed E-state index contributed by atoms with van der Waals surface area (Å²) in [6.07, 6.45) is 0. The van der Waals surface area contributed by atoms with E-state index in [1.807, 2.05) is 19.1 Å². The highest BCUT2D eigenvalue weighted by Crippen LogP contribution is 2.24. The first-order valence-corrected chi connectivity index (χ1v) is 5.38. The molecule has 1 heterocycles. The number of anilines is 2. The maximum Gasteiger partial charge on any atom is 0.230 e. The third kappa shape index (κ3) is 2.81. The summed E-state index contributed by atoms with van der Waals surface area (Å²) in [7, 11) is 5.46.